The lowest BCUT2D eigenvalue weighted by atomic mass is 9.99. The number of fused-ring (bicyclic) bond motifs is 3. The number of amides is 2. The molecule has 1 aliphatic rings. The largest absolute Gasteiger partial charge is 0.504 e. The van der Waals surface area contributed by atoms with Gasteiger partial charge in [0.05, 0.1) is 18.8 Å². The summed E-state index contributed by atoms with van der Waals surface area (Å²) in [6, 6.07) is 4.60. The van der Waals surface area contributed by atoms with Gasteiger partial charge in [0.2, 0.25) is 0 Å². The van der Waals surface area contributed by atoms with Gasteiger partial charge >= 0.3 is 12.0 Å². The second kappa shape index (κ2) is 12.1. The molecule has 0 bridgehead atoms. The van der Waals surface area contributed by atoms with E-state index in [2.05, 4.69) is 10.5 Å². The van der Waals surface area contributed by atoms with E-state index in [1.54, 1.807) is 16.8 Å². The molecule has 1 aromatic heterocycles. The molecule has 1 aliphatic heterocycles. The van der Waals surface area contributed by atoms with Crippen molar-refractivity contribution in [1.82, 2.24) is 9.99 Å². The summed E-state index contributed by atoms with van der Waals surface area (Å²) in [5.74, 6) is -0.577. The van der Waals surface area contributed by atoms with Crippen molar-refractivity contribution in [3.05, 3.63) is 50.7 Å². The first-order valence-corrected chi connectivity index (χ1v) is 12.7. The first-order chi connectivity index (χ1) is 17.9. The number of ether oxygens (including phenoxy) is 2. The van der Waals surface area contributed by atoms with Gasteiger partial charge in [0.1, 0.15) is 11.2 Å². The highest BCUT2D eigenvalue weighted by atomic mass is 16.6. The standard InChI is InChI=1S/C27H36N4O7/c1-17(2)14-30-15-18-11-24(37-10-8-6-7-9-28-26(35)38-27(3,4)5)23(33)12-19(18)21-13-22(32)20(16-31(21)30)25(34)29-36/h11-13,16-17,33H,6-10,14-15H2,1-5H3,(H,28,35). The molecule has 2 amide bonds. The van der Waals surface area contributed by atoms with Crippen molar-refractivity contribution < 1.29 is 24.2 Å². The first-order valence-electron chi connectivity index (χ1n) is 12.7. The van der Waals surface area contributed by atoms with Crippen molar-refractivity contribution in [1.29, 1.82) is 0 Å². The number of aromatic hydroxyl groups is 1. The van der Waals surface area contributed by atoms with Crippen molar-refractivity contribution in [2.24, 2.45) is 11.1 Å². The zero-order valence-electron chi connectivity index (χ0n) is 22.6. The Kier molecular flexibility index (Phi) is 9.13. The van der Waals surface area contributed by atoms with Crippen LogP contribution in [-0.2, 0) is 11.3 Å². The van der Waals surface area contributed by atoms with Crippen LogP contribution in [-0.4, -0.2) is 47.1 Å². The Hall–Kier alpha value is -3.89. The number of alkyl carbamates (subject to hydrolysis) is 1. The average Bonchev–Trinajstić information content (AvgIpc) is 2.82. The van der Waals surface area contributed by atoms with E-state index < -0.39 is 23.0 Å². The number of benzene rings is 1. The Labute approximate surface area is 221 Å². The topological polar surface area (TPSA) is 140 Å². The Balaban J connectivity index is 1.68. The third kappa shape index (κ3) is 7.33. The van der Waals surface area contributed by atoms with E-state index in [0.29, 0.717) is 43.2 Å². The SMILES string of the molecule is CC(C)CN1Cc2cc(OCCCCCNC(=O)OC(C)(C)C)c(O)cc2-c2cc(=O)c(C(=O)N=O)cn21. The summed E-state index contributed by atoms with van der Waals surface area (Å²) in [5.41, 5.74) is 0.545. The maximum absolute atomic E-state index is 12.6. The molecule has 0 unspecified atom stereocenters. The van der Waals surface area contributed by atoms with Crippen LogP contribution in [0.1, 0.15) is 69.8 Å². The van der Waals surface area contributed by atoms with E-state index in [-0.39, 0.29) is 17.2 Å². The lowest BCUT2D eigenvalue weighted by molar-refractivity contribution is 0.0526. The van der Waals surface area contributed by atoms with Crippen LogP contribution in [0.5, 0.6) is 11.5 Å². The molecule has 0 atom stereocenters. The van der Waals surface area contributed by atoms with Crippen molar-refractivity contribution in [2.45, 2.75) is 66.0 Å². The van der Waals surface area contributed by atoms with Crippen LogP contribution in [0.4, 0.5) is 4.79 Å². The van der Waals surface area contributed by atoms with E-state index in [0.717, 1.165) is 24.8 Å². The van der Waals surface area contributed by atoms with Crippen molar-refractivity contribution in [3.63, 3.8) is 0 Å². The van der Waals surface area contributed by atoms with Gasteiger partial charge in [0.15, 0.2) is 16.9 Å². The molecule has 0 aliphatic carbocycles. The predicted octanol–water partition coefficient (Wildman–Crippen LogP) is 4.31. The number of carbonyl (C=O) groups is 2. The summed E-state index contributed by atoms with van der Waals surface area (Å²) < 4.78 is 12.7. The lowest BCUT2D eigenvalue weighted by Gasteiger charge is -2.36. The van der Waals surface area contributed by atoms with Crippen molar-refractivity contribution in [3.8, 4) is 22.8 Å². The molecule has 2 N–H and O–H groups in total. The summed E-state index contributed by atoms with van der Waals surface area (Å²) in [7, 11) is 0. The van der Waals surface area contributed by atoms with Gasteiger partial charge in [0.25, 0.3) is 0 Å². The van der Waals surface area contributed by atoms with Gasteiger partial charge in [-0.3, -0.25) is 14.3 Å². The van der Waals surface area contributed by atoms with Crippen LogP contribution in [0.15, 0.2) is 34.4 Å². The van der Waals surface area contributed by atoms with Gasteiger partial charge < -0.3 is 24.9 Å². The number of phenolic OH excluding ortho intramolecular Hbond substituents is 1. The summed E-state index contributed by atoms with van der Waals surface area (Å²) in [6.07, 6.45) is 3.21. The zero-order valence-corrected chi connectivity index (χ0v) is 22.6. The fraction of sp³-hybridized carbons (Fsp3) is 0.519. The van der Waals surface area contributed by atoms with Crippen molar-refractivity contribution in [2.75, 3.05) is 24.7 Å². The molecule has 38 heavy (non-hydrogen) atoms. The predicted molar refractivity (Wildman–Crippen MR) is 143 cm³/mol. The number of nitrogens with zero attached hydrogens (tertiary/aromatic N) is 3. The van der Waals surface area contributed by atoms with E-state index in [1.807, 2.05) is 39.6 Å². The number of unbranched alkanes of at least 4 members (excludes halogenated alkanes) is 2. The number of rotatable bonds is 10. The van der Waals surface area contributed by atoms with E-state index in [1.165, 1.54) is 12.3 Å². The maximum Gasteiger partial charge on any atom is 0.407 e. The summed E-state index contributed by atoms with van der Waals surface area (Å²) >= 11 is 0. The molecule has 11 nitrogen and oxygen atoms in total. The Bertz CT molecular complexity index is 1250. The minimum absolute atomic E-state index is 0.0682. The van der Waals surface area contributed by atoms with Crippen LogP contribution in [0.2, 0.25) is 0 Å². The van der Waals surface area contributed by atoms with Gasteiger partial charge in [-0.15, -0.1) is 4.91 Å². The molecule has 0 radical (unpaired) electrons. The molecule has 3 rings (SSSR count). The highest BCUT2D eigenvalue weighted by molar-refractivity contribution is 5.94. The smallest absolute Gasteiger partial charge is 0.407 e. The first kappa shape index (κ1) is 28.7. The Morgan fingerprint density at radius 2 is 1.89 bits per heavy atom. The number of hydrogen-bond donors (Lipinski definition) is 2. The van der Waals surface area contributed by atoms with E-state index in [4.69, 9.17) is 9.47 Å². The van der Waals surface area contributed by atoms with Gasteiger partial charge in [-0.2, -0.15) is 0 Å². The number of pyridine rings is 1. The van der Waals surface area contributed by atoms with Gasteiger partial charge in [-0.25, -0.2) is 4.79 Å². The summed E-state index contributed by atoms with van der Waals surface area (Å²) in [6.45, 7) is 11.5. The molecule has 206 valence electrons. The molecule has 2 heterocycles. The number of carbonyl (C=O) groups excluding carboxylic acids is 2. The van der Waals surface area contributed by atoms with Crippen molar-refractivity contribution >= 4 is 12.0 Å². The maximum atomic E-state index is 12.6. The second-order valence-corrected chi connectivity index (χ2v) is 10.7. The molecule has 1 aromatic carbocycles. The Morgan fingerprint density at radius 3 is 2.55 bits per heavy atom. The number of nitrogens with one attached hydrogen (secondary N) is 1. The van der Waals surface area contributed by atoms with E-state index in [9.17, 15) is 24.4 Å². The fourth-order valence-corrected chi connectivity index (χ4v) is 4.20. The molecule has 0 saturated carbocycles. The third-order valence-corrected chi connectivity index (χ3v) is 5.79. The Morgan fingerprint density at radius 1 is 1.16 bits per heavy atom. The van der Waals surface area contributed by atoms with Gasteiger partial charge in [-0.05, 0) is 63.6 Å². The lowest BCUT2D eigenvalue weighted by Crippen LogP contribution is -2.41. The van der Waals surface area contributed by atoms with Crippen LogP contribution in [0.25, 0.3) is 11.3 Å². The molecular weight excluding hydrogens is 492 g/mol. The third-order valence-electron chi connectivity index (χ3n) is 5.79. The van der Waals surface area contributed by atoms with Crippen LogP contribution < -0.4 is 20.5 Å². The molecule has 0 fully saturated rings. The average molecular weight is 529 g/mol. The van der Waals surface area contributed by atoms with Crippen LogP contribution >= 0.6 is 0 Å². The second-order valence-electron chi connectivity index (χ2n) is 10.7. The number of phenols is 1. The minimum atomic E-state index is -1.12. The highest BCUT2D eigenvalue weighted by Gasteiger charge is 2.26. The van der Waals surface area contributed by atoms with Gasteiger partial charge in [-0.1, -0.05) is 13.8 Å². The highest BCUT2D eigenvalue weighted by Crippen LogP contribution is 2.38. The molecule has 0 saturated heterocycles. The fourth-order valence-electron chi connectivity index (χ4n) is 4.20. The molecule has 11 heteroatoms. The normalized spacial score (nSPS) is 12.5. The minimum Gasteiger partial charge on any atom is -0.504 e. The van der Waals surface area contributed by atoms with Gasteiger partial charge in [0, 0.05) is 36.1 Å². The molecule has 2 aromatic rings. The monoisotopic (exact) mass is 528 g/mol. The summed E-state index contributed by atoms with van der Waals surface area (Å²) in [4.78, 5) is 46.9. The zero-order chi connectivity index (χ0) is 28.0. The molecular formula is C27H36N4O7. The molecule has 0 spiro atoms. The number of aromatic nitrogens is 1. The van der Waals surface area contributed by atoms with Crippen LogP contribution in [0.3, 0.4) is 0 Å². The van der Waals surface area contributed by atoms with Crippen LogP contribution in [0, 0.1) is 10.8 Å². The number of nitroso groups, excluding NO2 is 1. The van der Waals surface area contributed by atoms with E-state index >= 15 is 0 Å². The summed E-state index contributed by atoms with van der Waals surface area (Å²) in [5, 5.41) is 17.7. The number of hydrogen-bond acceptors (Lipinski definition) is 8. The quantitative estimate of drug-likeness (QED) is 0.343.